The highest BCUT2D eigenvalue weighted by atomic mass is 32.2. The molecule has 0 saturated carbocycles. The quantitative estimate of drug-likeness (QED) is 0.523. The van der Waals surface area contributed by atoms with Crippen molar-refractivity contribution in [2.75, 3.05) is 0 Å². The fourth-order valence-corrected chi connectivity index (χ4v) is 3.15. The van der Waals surface area contributed by atoms with Crippen LogP contribution < -0.4 is 0 Å². The molecule has 0 bridgehead atoms. The maximum atomic E-state index is 12.7. The highest BCUT2D eigenvalue weighted by Crippen LogP contribution is 2.26. The number of carbonyl (C=O) groups excluding carboxylic acids is 2. The molecule has 4 heteroatoms. The van der Waals surface area contributed by atoms with E-state index in [2.05, 4.69) is 0 Å². The van der Waals surface area contributed by atoms with Gasteiger partial charge in [0.1, 0.15) is 0 Å². The van der Waals surface area contributed by atoms with Gasteiger partial charge in [-0.3, -0.25) is 9.59 Å². The first-order chi connectivity index (χ1) is 11.8. The van der Waals surface area contributed by atoms with Gasteiger partial charge in [0.05, 0.1) is 6.61 Å². The van der Waals surface area contributed by atoms with Crippen molar-refractivity contribution in [3.8, 4) is 0 Å². The number of ether oxygens (including phenoxy) is 1. The van der Waals surface area contributed by atoms with Crippen LogP contribution in [0.3, 0.4) is 0 Å². The van der Waals surface area contributed by atoms with Gasteiger partial charge < -0.3 is 4.74 Å². The minimum absolute atomic E-state index is 0.170. The molecule has 25 heavy (non-hydrogen) atoms. The minimum atomic E-state index is -1.05. The SMILES string of the molecule is CC(C)(C)CC(=O)C(OCc1ccccc1)C(=O)Sc1ccccc1. The second-order valence-electron chi connectivity index (χ2n) is 7.11. The molecule has 0 spiro atoms. The normalized spacial score (nSPS) is 12.6. The molecule has 0 aliphatic carbocycles. The van der Waals surface area contributed by atoms with Crippen LogP contribution in [0.4, 0.5) is 0 Å². The Kier molecular flexibility index (Phi) is 6.97. The smallest absolute Gasteiger partial charge is 0.230 e. The lowest BCUT2D eigenvalue weighted by atomic mass is 9.88. The van der Waals surface area contributed by atoms with E-state index in [4.69, 9.17) is 4.74 Å². The van der Waals surface area contributed by atoms with Crippen LogP contribution in [0.15, 0.2) is 65.6 Å². The van der Waals surface area contributed by atoms with E-state index in [1.165, 1.54) is 0 Å². The lowest BCUT2D eigenvalue weighted by Gasteiger charge is -2.21. The molecule has 0 N–H and O–H groups in total. The van der Waals surface area contributed by atoms with Gasteiger partial charge in [0.15, 0.2) is 11.9 Å². The van der Waals surface area contributed by atoms with Gasteiger partial charge in [-0.05, 0) is 34.9 Å². The molecule has 0 aromatic heterocycles. The van der Waals surface area contributed by atoms with Gasteiger partial charge in [-0.1, -0.05) is 69.3 Å². The summed E-state index contributed by atoms with van der Waals surface area (Å²) in [6, 6.07) is 18.9. The van der Waals surface area contributed by atoms with E-state index in [1.807, 2.05) is 81.4 Å². The Balaban J connectivity index is 2.10. The number of Topliss-reactive ketones (excluding diaryl/α,β-unsaturated/α-hetero) is 1. The summed E-state index contributed by atoms with van der Waals surface area (Å²) in [4.78, 5) is 26.1. The van der Waals surface area contributed by atoms with Crippen molar-refractivity contribution in [2.24, 2.45) is 5.41 Å². The lowest BCUT2D eigenvalue weighted by Crippen LogP contribution is -2.33. The van der Waals surface area contributed by atoms with Gasteiger partial charge in [-0.15, -0.1) is 0 Å². The zero-order chi connectivity index (χ0) is 18.3. The Bertz CT molecular complexity index is 690. The van der Waals surface area contributed by atoms with Crippen LogP contribution in [-0.4, -0.2) is 17.0 Å². The Hall–Kier alpha value is -1.91. The predicted octanol–water partition coefficient (Wildman–Crippen LogP) is 4.90. The van der Waals surface area contributed by atoms with Crippen molar-refractivity contribution in [1.29, 1.82) is 0 Å². The summed E-state index contributed by atoms with van der Waals surface area (Å²) in [5.41, 5.74) is 0.747. The monoisotopic (exact) mass is 356 g/mol. The number of hydrogen-bond acceptors (Lipinski definition) is 4. The zero-order valence-electron chi connectivity index (χ0n) is 14.9. The van der Waals surface area contributed by atoms with E-state index in [-0.39, 0.29) is 22.9 Å². The van der Waals surface area contributed by atoms with Gasteiger partial charge in [0.25, 0.3) is 0 Å². The summed E-state index contributed by atoms with van der Waals surface area (Å²) in [5, 5.41) is -0.267. The number of rotatable bonds is 7. The Morgan fingerprint density at radius 2 is 1.52 bits per heavy atom. The number of benzene rings is 2. The standard InChI is InChI=1S/C21H24O3S/c1-21(2,3)14-18(22)19(24-15-16-10-6-4-7-11-16)20(23)25-17-12-8-5-9-13-17/h4-13,19H,14-15H2,1-3H3. The maximum Gasteiger partial charge on any atom is 0.230 e. The van der Waals surface area contributed by atoms with Gasteiger partial charge in [0.2, 0.25) is 5.12 Å². The molecule has 0 fully saturated rings. The summed E-state index contributed by atoms with van der Waals surface area (Å²) in [6.07, 6.45) is -0.752. The van der Waals surface area contributed by atoms with Crippen LogP contribution in [0.5, 0.6) is 0 Å². The molecule has 0 aliphatic heterocycles. The Labute approximate surface area is 153 Å². The van der Waals surface area contributed by atoms with Crippen molar-refractivity contribution in [3.05, 3.63) is 66.2 Å². The fourth-order valence-electron chi connectivity index (χ4n) is 2.32. The molecule has 132 valence electrons. The molecular formula is C21H24O3S. The zero-order valence-corrected chi connectivity index (χ0v) is 15.7. The van der Waals surface area contributed by atoms with Crippen molar-refractivity contribution in [3.63, 3.8) is 0 Å². The van der Waals surface area contributed by atoms with E-state index >= 15 is 0 Å². The van der Waals surface area contributed by atoms with Crippen molar-refractivity contribution in [2.45, 2.75) is 44.8 Å². The number of ketones is 1. The van der Waals surface area contributed by atoms with Gasteiger partial charge in [-0.2, -0.15) is 0 Å². The topological polar surface area (TPSA) is 43.4 Å². The summed E-state index contributed by atoms with van der Waals surface area (Å²) in [5.74, 6) is -0.170. The van der Waals surface area contributed by atoms with Crippen LogP contribution in [0.25, 0.3) is 0 Å². The molecule has 0 aliphatic rings. The van der Waals surface area contributed by atoms with Crippen LogP contribution in [0.1, 0.15) is 32.8 Å². The summed E-state index contributed by atoms with van der Waals surface area (Å²) >= 11 is 1.06. The molecule has 2 aromatic rings. The molecule has 2 aromatic carbocycles. The molecule has 1 atom stereocenters. The second kappa shape index (κ2) is 8.97. The molecule has 0 amide bonds. The highest BCUT2D eigenvalue weighted by molar-refractivity contribution is 8.13. The van der Waals surface area contributed by atoms with Gasteiger partial charge in [0, 0.05) is 11.3 Å². The third-order valence-corrected chi connectivity index (χ3v) is 4.36. The summed E-state index contributed by atoms with van der Waals surface area (Å²) in [7, 11) is 0. The molecular weight excluding hydrogens is 332 g/mol. The average molecular weight is 356 g/mol. The third-order valence-electron chi connectivity index (χ3n) is 3.43. The van der Waals surface area contributed by atoms with E-state index in [1.54, 1.807) is 0 Å². The molecule has 3 nitrogen and oxygen atoms in total. The number of carbonyl (C=O) groups is 2. The first kappa shape index (κ1) is 19.4. The van der Waals surface area contributed by atoms with Crippen molar-refractivity contribution >= 4 is 22.7 Å². The second-order valence-corrected chi connectivity index (χ2v) is 8.19. The van der Waals surface area contributed by atoms with E-state index in [0.29, 0.717) is 6.42 Å². The highest BCUT2D eigenvalue weighted by Gasteiger charge is 2.31. The van der Waals surface area contributed by atoms with E-state index < -0.39 is 6.10 Å². The van der Waals surface area contributed by atoms with Crippen LogP contribution in [0.2, 0.25) is 0 Å². The molecule has 0 heterocycles. The van der Waals surface area contributed by atoms with Crippen molar-refractivity contribution in [1.82, 2.24) is 0 Å². The Morgan fingerprint density at radius 3 is 2.08 bits per heavy atom. The Morgan fingerprint density at radius 1 is 0.960 bits per heavy atom. The van der Waals surface area contributed by atoms with Gasteiger partial charge >= 0.3 is 0 Å². The summed E-state index contributed by atoms with van der Waals surface area (Å²) in [6.45, 7) is 6.18. The molecule has 0 saturated heterocycles. The van der Waals surface area contributed by atoms with Gasteiger partial charge in [-0.25, -0.2) is 0 Å². The third kappa shape index (κ3) is 6.85. The first-order valence-electron chi connectivity index (χ1n) is 8.30. The minimum Gasteiger partial charge on any atom is -0.357 e. The predicted molar refractivity (Wildman–Crippen MR) is 101 cm³/mol. The lowest BCUT2D eigenvalue weighted by molar-refractivity contribution is -0.140. The molecule has 1 unspecified atom stereocenters. The first-order valence-corrected chi connectivity index (χ1v) is 9.12. The number of hydrogen-bond donors (Lipinski definition) is 0. The van der Waals surface area contributed by atoms with Crippen LogP contribution >= 0.6 is 11.8 Å². The van der Waals surface area contributed by atoms with E-state index in [0.717, 1.165) is 22.2 Å². The fraction of sp³-hybridized carbons (Fsp3) is 0.333. The maximum absolute atomic E-state index is 12.7. The van der Waals surface area contributed by atoms with Crippen LogP contribution in [0, 0.1) is 5.41 Å². The molecule has 0 radical (unpaired) electrons. The number of thioether (sulfide) groups is 1. The summed E-state index contributed by atoms with van der Waals surface area (Å²) < 4.78 is 5.75. The van der Waals surface area contributed by atoms with E-state index in [9.17, 15) is 9.59 Å². The molecule has 2 rings (SSSR count). The largest absolute Gasteiger partial charge is 0.357 e. The van der Waals surface area contributed by atoms with Crippen LogP contribution in [-0.2, 0) is 20.9 Å². The van der Waals surface area contributed by atoms with Crippen molar-refractivity contribution < 1.29 is 14.3 Å². The average Bonchev–Trinajstić information content (AvgIpc) is 2.55.